The summed E-state index contributed by atoms with van der Waals surface area (Å²) in [6.45, 7) is 4.25. The molecule has 0 aliphatic heterocycles. The number of hydrazine groups is 1. The average molecular weight is 214 g/mol. The highest BCUT2D eigenvalue weighted by Gasteiger charge is 2.13. The molecule has 1 atom stereocenters. The van der Waals surface area contributed by atoms with E-state index in [-0.39, 0.29) is 6.04 Å². The average Bonchev–Trinajstić information content (AvgIpc) is 2.16. The van der Waals surface area contributed by atoms with E-state index < -0.39 is 0 Å². The molecular weight excluding hydrogens is 198 g/mol. The third-order valence-electron chi connectivity index (χ3n) is 2.32. The monoisotopic (exact) mass is 213 g/mol. The zero-order valence-electron chi connectivity index (χ0n) is 8.50. The Kier molecular flexibility index (Phi) is 4.32. The van der Waals surface area contributed by atoms with E-state index in [0.29, 0.717) is 10.9 Å². The van der Waals surface area contributed by atoms with Crippen molar-refractivity contribution in [1.29, 1.82) is 0 Å². The van der Waals surface area contributed by atoms with E-state index in [2.05, 4.69) is 24.3 Å². The van der Waals surface area contributed by atoms with E-state index in [1.165, 1.54) is 0 Å². The summed E-state index contributed by atoms with van der Waals surface area (Å²) in [5.41, 5.74) is 3.88. The van der Waals surface area contributed by atoms with E-state index in [1.54, 1.807) is 12.4 Å². The van der Waals surface area contributed by atoms with Gasteiger partial charge in [-0.25, -0.2) is 0 Å². The molecule has 1 aromatic heterocycles. The number of nitrogens with zero attached hydrogens (tertiary/aromatic N) is 1. The highest BCUT2D eigenvalue weighted by molar-refractivity contribution is 6.31. The van der Waals surface area contributed by atoms with E-state index >= 15 is 0 Å². The molecule has 3 N–H and O–H groups in total. The lowest BCUT2D eigenvalue weighted by atomic mass is 9.98. The van der Waals surface area contributed by atoms with Gasteiger partial charge in [0.1, 0.15) is 0 Å². The molecule has 0 fully saturated rings. The van der Waals surface area contributed by atoms with Gasteiger partial charge in [0.2, 0.25) is 0 Å². The molecule has 0 saturated carbocycles. The van der Waals surface area contributed by atoms with Gasteiger partial charge in [-0.3, -0.25) is 16.3 Å². The Balaban J connectivity index is 2.72. The first-order chi connectivity index (χ1) is 6.65. The van der Waals surface area contributed by atoms with Gasteiger partial charge in [0.05, 0.1) is 5.02 Å². The molecule has 0 aliphatic carbocycles. The highest BCUT2D eigenvalue weighted by Crippen LogP contribution is 2.17. The maximum absolute atomic E-state index is 6.00. The molecule has 0 radical (unpaired) electrons. The Bertz CT molecular complexity index is 288. The Labute approximate surface area is 89.6 Å². The SMILES string of the molecule is CC(C)C(Cc1ccncc1Cl)NN. The second-order valence-electron chi connectivity index (χ2n) is 3.69. The Hall–Kier alpha value is -0.640. The van der Waals surface area contributed by atoms with Crippen molar-refractivity contribution in [3.63, 3.8) is 0 Å². The van der Waals surface area contributed by atoms with Crippen molar-refractivity contribution in [2.75, 3.05) is 0 Å². The van der Waals surface area contributed by atoms with Crippen molar-refractivity contribution in [3.8, 4) is 0 Å². The number of rotatable bonds is 4. The molecule has 4 heteroatoms. The maximum Gasteiger partial charge on any atom is 0.0621 e. The fourth-order valence-corrected chi connectivity index (χ4v) is 1.49. The van der Waals surface area contributed by atoms with Crippen LogP contribution in [0.5, 0.6) is 0 Å². The van der Waals surface area contributed by atoms with Crippen LogP contribution in [0.15, 0.2) is 18.5 Å². The largest absolute Gasteiger partial charge is 0.271 e. The van der Waals surface area contributed by atoms with Gasteiger partial charge >= 0.3 is 0 Å². The van der Waals surface area contributed by atoms with Crippen molar-refractivity contribution in [3.05, 3.63) is 29.0 Å². The van der Waals surface area contributed by atoms with E-state index in [1.807, 2.05) is 6.07 Å². The number of halogens is 1. The van der Waals surface area contributed by atoms with Gasteiger partial charge in [-0.15, -0.1) is 0 Å². The predicted molar refractivity (Wildman–Crippen MR) is 58.9 cm³/mol. The van der Waals surface area contributed by atoms with Crippen LogP contribution in [-0.4, -0.2) is 11.0 Å². The summed E-state index contributed by atoms with van der Waals surface area (Å²) in [6, 6.07) is 2.17. The van der Waals surface area contributed by atoms with Crippen LogP contribution >= 0.6 is 11.6 Å². The van der Waals surface area contributed by atoms with Crippen LogP contribution in [-0.2, 0) is 6.42 Å². The van der Waals surface area contributed by atoms with Crippen LogP contribution in [0.4, 0.5) is 0 Å². The third kappa shape index (κ3) is 2.94. The molecule has 0 spiro atoms. The zero-order chi connectivity index (χ0) is 10.6. The third-order valence-corrected chi connectivity index (χ3v) is 2.66. The first kappa shape index (κ1) is 11.4. The number of pyridine rings is 1. The fraction of sp³-hybridized carbons (Fsp3) is 0.500. The highest BCUT2D eigenvalue weighted by atomic mass is 35.5. The molecule has 0 aliphatic rings. The van der Waals surface area contributed by atoms with E-state index in [9.17, 15) is 0 Å². The van der Waals surface area contributed by atoms with E-state index in [0.717, 1.165) is 12.0 Å². The van der Waals surface area contributed by atoms with Gasteiger partial charge < -0.3 is 0 Å². The van der Waals surface area contributed by atoms with Gasteiger partial charge in [-0.2, -0.15) is 0 Å². The second-order valence-corrected chi connectivity index (χ2v) is 4.10. The number of nitrogens with one attached hydrogen (secondary N) is 1. The fourth-order valence-electron chi connectivity index (χ4n) is 1.29. The normalized spacial score (nSPS) is 13.2. The summed E-state index contributed by atoms with van der Waals surface area (Å²) in [7, 11) is 0. The minimum Gasteiger partial charge on any atom is -0.271 e. The Morgan fingerprint density at radius 1 is 1.57 bits per heavy atom. The first-order valence-electron chi connectivity index (χ1n) is 4.69. The van der Waals surface area contributed by atoms with Crippen molar-refractivity contribution >= 4 is 11.6 Å². The van der Waals surface area contributed by atoms with Crippen LogP contribution in [0, 0.1) is 5.92 Å². The quantitative estimate of drug-likeness (QED) is 0.592. The summed E-state index contributed by atoms with van der Waals surface area (Å²) >= 11 is 6.00. The molecule has 1 aromatic rings. The summed E-state index contributed by atoms with van der Waals surface area (Å²) in [6.07, 6.45) is 4.23. The molecule has 14 heavy (non-hydrogen) atoms. The lowest BCUT2D eigenvalue weighted by Crippen LogP contribution is -2.40. The number of hydrogen-bond acceptors (Lipinski definition) is 3. The van der Waals surface area contributed by atoms with Crippen LogP contribution < -0.4 is 11.3 Å². The molecule has 78 valence electrons. The molecule has 1 unspecified atom stereocenters. The Morgan fingerprint density at radius 2 is 2.29 bits per heavy atom. The van der Waals surface area contributed by atoms with E-state index in [4.69, 9.17) is 17.4 Å². The first-order valence-corrected chi connectivity index (χ1v) is 5.07. The molecular formula is C10H16ClN3. The van der Waals surface area contributed by atoms with Crippen LogP contribution in [0.25, 0.3) is 0 Å². The van der Waals surface area contributed by atoms with Gasteiger partial charge in [-0.05, 0) is 24.0 Å². The van der Waals surface area contributed by atoms with Crippen molar-refractivity contribution in [2.24, 2.45) is 11.8 Å². The summed E-state index contributed by atoms with van der Waals surface area (Å²) in [5.74, 6) is 5.94. The van der Waals surface area contributed by atoms with Gasteiger partial charge in [0.25, 0.3) is 0 Å². The topological polar surface area (TPSA) is 50.9 Å². The van der Waals surface area contributed by atoms with Gasteiger partial charge in [0, 0.05) is 18.4 Å². The Morgan fingerprint density at radius 3 is 2.79 bits per heavy atom. The standard InChI is InChI=1S/C10H16ClN3/c1-7(2)10(14-12)5-8-3-4-13-6-9(8)11/h3-4,6-7,10,14H,5,12H2,1-2H3. The zero-order valence-corrected chi connectivity index (χ0v) is 9.25. The molecule has 1 rings (SSSR count). The minimum atomic E-state index is 0.245. The molecule has 3 nitrogen and oxygen atoms in total. The second kappa shape index (κ2) is 5.29. The molecule has 0 saturated heterocycles. The number of hydrogen-bond donors (Lipinski definition) is 2. The number of nitrogens with two attached hydrogens (primary N) is 1. The summed E-state index contributed by atoms with van der Waals surface area (Å²) in [5, 5.41) is 0.702. The summed E-state index contributed by atoms with van der Waals surface area (Å²) in [4.78, 5) is 3.94. The molecule has 0 amide bonds. The molecule has 1 heterocycles. The molecule has 0 aromatic carbocycles. The van der Waals surface area contributed by atoms with Crippen molar-refractivity contribution < 1.29 is 0 Å². The maximum atomic E-state index is 6.00. The van der Waals surface area contributed by atoms with Crippen LogP contribution in [0.1, 0.15) is 19.4 Å². The smallest absolute Gasteiger partial charge is 0.0621 e. The number of aromatic nitrogens is 1. The van der Waals surface area contributed by atoms with Gasteiger partial charge in [-0.1, -0.05) is 25.4 Å². The van der Waals surface area contributed by atoms with Gasteiger partial charge in [0.15, 0.2) is 0 Å². The van der Waals surface area contributed by atoms with Crippen molar-refractivity contribution in [1.82, 2.24) is 10.4 Å². The lowest BCUT2D eigenvalue weighted by Gasteiger charge is -2.20. The van der Waals surface area contributed by atoms with Crippen molar-refractivity contribution in [2.45, 2.75) is 26.3 Å². The van der Waals surface area contributed by atoms with Crippen LogP contribution in [0.3, 0.4) is 0 Å². The molecule has 0 bridgehead atoms. The minimum absolute atomic E-state index is 0.245. The lowest BCUT2D eigenvalue weighted by molar-refractivity contribution is 0.404. The van der Waals surface area contributed by atoms with Crippen LogP contribution in [0.2, 0.25) is 5.02 Å². The summed E-state index contributed by atoms with van der Waals surface area (Å²) < 4.78 is 0. The predicted octanol–water partition coefficient (Wildman–Crippen LogP) is 1.77.